The molecule has 16 heavy (non-hydrogen) atoms. The molecule has 0 fully saturated rings. The molecule has 1 unspecified atom stereocenters. The van der Waals surface area contributed by atoms with Crippen LogP contribution in [0, 0.1) is 16.7 Å². The molecule has 0 rings (SSSR count). The minimum absolute atomic E-state index is 0.0593. The molecule has 0 aromatic rings. The molecule has 0 amide bonds. The summed E-state index contributed by atoms with van der Waals surface area (Å²) in [6.45, 7) is 11.6. The third-order valence-electron chi connectivity index (χ3n) is 2.75. The third-order valence-corrected chi connectivity index (χ3v) is 2.75. The first-order valence-electron chi connectivity index (χ1n) is 5.72. The monoisotopic (exact) mass is 228 g/mol. The normalized spacial score (nSPS) is 14.6. The molecule has 0 saturated carbocycles. The minimum atomic E-state index is -0.837. The number of carbonyl (C=O) groups is 2. The Kier molecular flexibility index (Phi) is 4.71. The van der Waals surface area contributed by atoms with Crippen LogP contribution in [0.1, 0.15) is 54.4 Å². The maximum atomic E-state index is 12.2. The van der Waals surface area contributed by atoms with Gasteiger partial charge < -0.3 is 5.11 Å². The number of ketones is 1. The quantitative estimate of drug-likeness (QED) is 0.804. The molecular weight excluding hydrogens is 204 g/mol. The van der Waals surface area contributed by atoms with Gasteiger partial charge in [0.2, 0.25) is 0 Å². The number of Topliss-reactive ketones (excluding diaryl/α,β-unsaturated/α-hetero) is 1. The van der Waals surface area contributed by atoms with Crippen LogP contribution in [0.3, 0.4) is 0 Å². The summed E-state index contributed by atoms with van der Waals surface area (Å²) < 4.78 is 0. The zero-order chi connectivity index (χ0) is 13.1. The number of hydrogen-bond acceptors (Lipinski definition) is 2. The molecule has 1 N–H and O–H groups in total. The van der Waals surface area contributed by atoms with Crippen molar-refractivity contribution in [3.63, 3.8) is 0 Å². The van der Waals surface area contributed by atoms with Crippen LogP contribution in [-0.2, 0) is 9.59 Å². The smallest absolute Gasteiger partial charge is 0.303 e. The number of hydrogen-bond donors (Lipinski definition) is 1. The number of rotatable bonds is 4. The molecule has 0 spiro atoms. The third kappa shape index (κ3) is 4.77. The van der Waals surface area contributed by atoms with Crippen LogP contribution >= 0.6 is 0 Å². The van der Waals surface area contributed by atoms with Gasteiger partial charge in [0.1, 0.15) is 5.78 Å². The second kappa shape index (κ2) is 4.98. The summed E-state index contributed by atoms with van der Waals surface area (Å²) in [5.74, 6) is -0.874. The Morgan fingerprint density at radius 3 is 1.75 bits per heavy atom. The first-order chi connectivity index (χ1) is 6.96. The Balaban J connectivity index is 4.83. The van der Waals surface area contributed by atoms with E-state index in [4.69, 9.17) is 5.11 Å². The van der Waals surface area contributed by atoms with Gasteiger partial charge in [-0.1, -0.05) is 41.5 Å². The molecule has 3 heteroatoms. The van der Waals surface area contributed by atoms with E-state index in [1.54, 1.807) is 0 Å². The second-order valence-corrected chi connectivity index (χ2v) is 6.47. The van der Waals surface area contributed by atoms with Crippen molar-refractivity contribution in [2.75, 3.05) is 0 Å². The summed E-state index contributed by atoms with van der Waals surface area (Å²) in [6.07, 6.45) is 0.485. The first-order valence-corrected chi connectivity index (χ1v) is 5.72. The lowest BCUT2D eigenvalue weighted by Crippen LogP contribution is -2.36. The predicted molar refractivity (Wildman–Crippen MR) is 64.3 cm³/mol. The molecule has 0 aromatic carbocycles. The zero-order valence-corrected chi connectivity index (χ0v) is 11.3. The van der Waals surface area contributed by atoms with Crippen molar-refractivity contribution < 1.29 is 14.7 Å². The van der Waals surface area contributed by atoms with Gasteiger partial charge >= 0.3 is 5.97 Å². The van der Waals surface area contributed by atoms with Gasteiger partial charge in [-0.25, -0.2) is 0 Å². The van der Waals surface area contributed by atoms with Crippen LogP contribution in [0.2, 0.25) is 0 Å². The van der Waals surface area contributed by atoms with E-state index < -0.39 is 11.4 Å². The molecule has 0 heterocycles. The van der Waals surface area contributed by atoms with E-state index in [0.717, 1.165) is 0 Å². The molecule has 94 valence electrons. The standard InChI is InChI=1S/C13H24O3/c1-12(2,3)9(7-8-10(14)15)11(16)13(4,5)6/h9H,7-8H2,1-6H3,(H,14,15). The van der Waals surface area contributed by atoms with Crippen molar-refractivity contribution in [2.24, 2.45) is 16.7 Å². The van der Waals surface area contributed by atoms with E-state index in [1.807, 2.05) is 41.5 Å². The minimum Gasteiger partial charge on any atom is -0.481 e. The van der Waals surface area contributed by atoms with Crippen LogP contribution in [0.25, 0.3) is 0 Å². The van der Waals surface area contributed by atoms with Crippen molar-refractivity contribution in [3.05, 3.63) is 0 Å². The largest absolute Gasteiger partial charge is 0.481 e. The predicted octanol–water partition coefficient (Wildman–Crippen LogP) is 3.13. The Morgan fingerprint density at radius 1 is 1.06 bits per heavy atom. The van der Waals surface area contributed by atoms with Gasteiger partial charge in [0.15, 0.2) is 0 Å². The van der Waals surface area contributed by atoms with Gasteiger partial charge in [0.05, 0.1) is 0 Å². The van der Waals surface area contributed by atoms with Crippen molar-refractivity contribution in [1.82, 2.24) is 0 Å². The zero-order valence-electron chi connectivity index (χ0n) is 11.3. The molecule has 0 radical (unpaired) electrons. The molecule has 0 saturated heterocycles. The van der Waals surface area contributed by atoms with E-state index in [1.165, 1.54) is 0 Å². The summed E-state index contributed by atoms with van der Waals surface area (Å²) in [5.41, 5.74) is -0.587. The van der Waals surface area contributed by atoms with Crippen LogP contribution < -0.4 is 0 Å². The van der Waals surface area contributed by atoms with E-state index in [9.17, 15) is 9.59 Å². The summed E-state index contributed by atoms with van der Waals surface area (Å²) in [5, 5.41) is 8.70. The lowest BCUT2D eigenvalue weighted by molar-refractivity contribution is -0.139. The van der Waals surface area contributed by atoms with E-state index in [0.29, 0.717) is 6.42 Å². The molecule has 1 atom stereocenters. The topological polar surface area (TPSA) is 54.4 Å². The van der Waals surface area contributed by atoms with Crippen LogP contribution in [-0.4, -0.2) is 16.9 Å². The Morgan fingerprint density at radius 2 is 1.50 bits per heavy atom. The maximum absolute atomic E-state index is 12.2. The fourth-order valence-electron chi connectivity index (χ4n) is 1.75. The molecular formula is C13H24O3. The number of carboxylic acids is 1. The average molecular weight is 228 g/mol. The van der Waals surface area contributed by atoms with E-state index >= 15 is 0 Å². The van der Waals surface area contributed by atoms with Crippen molar-refractivity contribution in [1.29, 1.82) is 0 Å². The summed E-state index contributed by atoms with van der Waals surface area (Å²) in [6, 6.07) is 0. The number of carbonyl (C=O) groups excluding carboxylic acids is 1. The lowest BCUT2D eigenvalue weighted by atomic mass is 9.69. The van der Waals surface area contributed by atoms with Gasteiger partial charge in [0.25, 0.3) is 0 Å². The number of carboxylic acid groups (broad SMARTS) is 1. The molecule has 0 aliphatic carbocycles. The molecule has 0 aliphatic rings. The van der Waals surface area contributed by atoms with Crippen molar-refractivity contribution >= 4 is 11.8 Å². The molecule has 0 aliphatic heterocycles. The lowest BCUT2D eigenvalue weighted by Gasteiger charge is -2.34. The molecule has 0 bridgehead atoms. The van der Waals surface area contributed by atoms with E-state index in [2.05, 4.69) is 0 Å². The highest BCUT2D eigenvalue weighted by Gasteiger charge is 2.37. The van der Waals surface area contributed by atoms with Gasteiger partial charge in [-0.05, 0) is 11.8 Å². The fourth-order valence-corrected chi connectivity index (χ4v) is 1.75. The van der Waals surface area contributed by atoms with Gasteiger partial charge in [-0.15, -0.1) is 0 Å². The maximum Gasteiger partial charge on any atom is 0.303 e. The van der Waals surface area contributed by atoms with Crippen molar-refractivity contribution in [2.45, 2.75) is 54.4 Å². The van der Waals surface area contributed by atoms with Crippen LogP contribution in [0.5, 0.6) is 0 Å². The fraction of sp³-hybridized carbons (Fsp3) is 0.846. The van der Waals surface area contributed by atoms with Crippen LogP contribution in [0.4, 0.5) is 0 Å². The Hall–Kier alpha value is -0.860. The molecule has 3 nitrogen and oxygen atoms in total. The summed E-state index contributed by atoms with van der Waals surface area (Å²) in [4.78, 5) is 22.8. The van der Waals surface area contributed by atoms with E-state index in [-0.39, 0.29) is 23.5 Å². The number of aliphatic carboxylic acids is 1. The highest BCUT2D eigenvalue weighted by Crippen LogP contribution is 2.35. The van der Waals surface area contributed by atoms with Crippen molar-refractivity contribution in [3.8, 4) is 0 Å². The van der Waals surface area contributed by atoms with Crippen LogP contribution in [0.15, 0.2) is 0 Å². The Bertz CT molecular complexity index is 266. The first kappa shape index (κ1) is 15.1. The highest BCUT2D eigenvalue weighted by molar-refractivity contribution is 5.86. The Labute approximate surface area is 98.2 Å². The SMILES string of the molecule is CC(C)(C)C(=O)C(CCC(=O)O)C(C)(C)C. The summed E-state index contributed by atoms with van der Waals surface area (Å²) in [7, 11) is 0. The second-order valence-electron chi connectivity index (χ2n) is 6.47. The molecule has 0 aromatic heterocycles. The average Bonchev–Trinajstić information content (AvgIpc) is 1.99. The van der Waals surface area contributed by atoms with Gasteiger partial charge in [0, 0.05) is 17.8 Å². The summed E-state index contributed by atoms with van der Waals surface area (Å²) >= 11 is 0. The van der Waals surface area contributed by atoms with Gasteiger partial charge in [-0.2, -0.15) is 0 Å². The highest BCUT2D eigenvalue weighted by atomic mass is 16.4. The van der Waals surface area contributed by atoms with Gasteiger partial charge in [-0.3, -0.25) is 9.59 Å².